The monoisotopic (exact) mass is 398 g/mol. The second-order valence-corrected chi connectivity index (χ2v) is 7.38. The Morgan fingerprint density at radius 3 is 2.59 bits per heavy atom. The van der Waals surface area contributed by atoms with E-state index in [-0.39, 0.29) is 24.4 Å². The Balaban J connectivity index is 1.70. The van der Waals surface area contributed by atoms with Crippen molar-refractivity contribution < 1.29 is 14.8 Å². The molecule has 3 rings (SSSR count). The average molecular weight is 398 g/mol. The van der Waals surface area contributed by atoms with Gasteiger partial charge in [0.1, 0.15) is 0 Å². The standard InChI is InChI=1S/C21H26N4O4/c22-21(27)16-5-6-17(20(11-16)25(28)29)12-23-19-4-2-1-3-18(19)13-24-9-7-15(14-26)8-10-24/h1-6,11,15,23,26H,7-10,12-14H2,(H2,22,27). The third-order valence-corrected chi connectivity index (χ3v) is 5.41. The highest BCUT2D eigenvalue weighted by Crippen LogP contribution is 2.25. The minimum atomic E-state index is -0.692. The van der Waals surface area contributed by atoms with Crippen LogP contribution in [0.1, 0.15) is 34.3 Å². The van der Waals surface area contributed by atoms with Gasteiger partial charge in [-0.2, -0.15) is 0 Å². The van der Waals surface area contributed by atoms with Crippen molar-refractivity contribution in [1.29, 1.82) is 0 Å². The van der Waals surface area contributed by atoms with Crippen molar-refractivity contribution >= 4 is 17.3 Å². The van der Waals surface area contributed by atoms with E-state index in [0.29, 0.717) is 11.5 Å². The summed E-state index contributed by atoms with van der Waals surface area (Å²) in [5, 5.41) is 24.0. The zero-order valence-electron chi connectivity index (χ0n) is 16.2. The van der Waals surface area contributed by atoms with Gasteiger partial charge in [0.2, 0.25) is 5.91 Å². The number of aliphatic hydroxyl groups is 1. The number of nitro groups is 1. The molecule has 0 aromatic heterocycles. The van der Waals surface area contributed by atoms with Gasteiger partial charge in [-0.25, -0.2) is 0 Å². The Morgan fingerprint density at radius 1 is 1.21 bits per heavy atom. The van der Waals surface area contributed by atoms with Crippen LogP contribution in [-0.4, -0.2) is 40.5 Å². The number of hydrogen-bond donors (Lipinski definition) is 3. The lowest BCUT2D eigenvalue weighted by Gasteiger charge is -2.31. The Labute approximate surface area is 169 Å². The molecule has 4 N–H and O–H groups in total. The lowest BCUT2D eigenvalue weighted by molar-refractivity contribution is -0.385. The number of anilines is 1. The van der Waals surface area contributed by atoms with Crippen molar-refractivity contribution in [2.24, 2.45) is 11.7 Å². The van der Waals surface area contributed by atoms with E-state index in [9.17, 15) is 20.0 Å². The summed E-state index contributed by atoms with van der Waals surface area (Å²) in [6, 6.07) is 12.2. The van der Waals surface area contributed by atoms with Gasteiger partial charge in [-0.15, -0.1) is 0 Å². The summed E-state index contributed by atoms with van der Waals surface area (Å²) in [6.45, 7) is 3.18. The molecule has 154 valence electrons. The van der Waals surface area contributed by atoms with Crippen molar-refractivity contribution in [2.75, 3.05) is 25.0 Å². The number of nitrogens with zero attached hydrogens (tertiary/aromatic N) is 2. The van der Waals surface area contributed by atoms with E-state index >= 15 is 0 Å². The van der Waals surface area contributed by atoms with Gasteiger partial charge in [0.15, 0.2) is 0 Å². The first-order valence-corrected chi connectivity index (χ1v) is 9.70. The highest BCUT2D eigenvalue weighted by molar-refractivity contribution is 5.93. The molecule has 0 atom stereocenters. The lowest BCUT2D eigenvalue weighted by Crippen LogP contribution is -2.34. The number of para-hydroxylation sites is 1. The van der Waals surface area contributed by atoms with Crippen LogP contribution in [0.3, 0.4) is 0 Å². The summed E-state index contributed by atoms with van der Waals surface area (Å²) in [7, 11) is 0. The minimum Gasteiger partial charge on any atom is -0.396 e. The molecule has 0 saturated carbocycles. The molecule has 1 aliphatic heterocycles. The van der Waals surface area contributed by atoms with Crippen LogP contribution in [0.15, 0.2) is 42.5 Å². The van der Waals surface area contributed by atoms with E-state index in [1.165, 1.54) is 12.1 Å². The van der Waals surface area contributed by atoms with Crippen molar-refractivity contribution in [3.8, 4) is 0 Å². The third-order valence-electron chi connectivity index (χ3n) is 5.41. The van der Waals surface area contributed by atoms with E-state index in [1.54, 1.807) is 6.07 Å². The molecular formula is C21H26N4O4. The summed E-state index contributed by atoms with van der Waals surface area (Å²) in [5.74, 6) is -0.300. The molecule has 29 heavy (non-hydrogen) atoms. The van der Waals surface area contributed by atoms with Crippen molar-refractivity contribution in [3.05, 3.63) is 69.3 Å². The zero-order valence-corrected chi connectivity index (χ0v) is 16.2. The molecule has 0 unspecified atom stereocenters. The maximum atomic E-state index is 11.4. The van der Waals surface area contributed by atoms with E-state index < -0.39 is 10.8 Å². The average Bonchev–Trinajstić information content (AvgIpc) is 2.73. The second kappa shape index (κ2) is 9.49. The number of primary amides is 1. The number of amides is 1. The van der Waals surface area contributed by atoms with Crippen LogP contribution in [0, 0.1) is 16.0 Å². The predicted molar refractivity (Wildman–Crippen MR) is 110 cm³/mol. The summed E-state index contributed by atoms with van der Waals surface area (Å²) in [4.78, 5) is 24.6. The van der Waals surface area contributed by atoms with Crippen molar-refractivity contribution in [2.45, 2.75) is 25.9 Å². The predicted octanol–water partition coefficient (Wildman–Crippen LogP) is 2.51. The Morgan fingerprint density at radius 2 is 1.93 bits per heavy atom. The summed E-state index contributed by atoms with van der Waals surface area (Å²) in [5.41, 5.74) is 7.74. The maximum absolute atomic E-state index is 11.4. The molecule has 0 spiro atoms. The molecule has 0 bridgehead atoms. The normalized spacial score (nSPS) is 15.2. The molecule has 1 heterocycles. The molecule has 2 aromatic rings. The first-order chi connectivity index (χ1) is 14.0. The largest absolute Gasteiger partial charge is 0.396 e. The van der Waals surface area contributed by atoms with Crippen molar-refractivity contribution in [3.63, 3.8) is 0 Å². The van der Waals surface area contributed by atoms with Crippen LogP contribution >= 0.6 is 0 Å². The molecular weight excluding hydrogens is 372 g/mol. The van der Waals surface area contributed by atoms with Gasteiger partial charge in [-0.05, 0) is 55.6 Å². The number of carbonyl (C=O) groups excluding carboxylic acids is 1. The zero-order chi connectivity index (χ0) is 20.8. The number of nitrogens with two attached hydrogens (primary N) is 1. The Bertz CT molecular complexity index is 879. The maximum Gasteiger partial charge on any atom is 0.275 e. The molecule has 1 aliphatic rings. The quantitative estimate of drug-likeness (QED) is 0.464. The molecule has 2 aromatic carbocycles. The summed E-state index contributed by atoms with van der Waals surface area (Å²) >= 11 is 0. The number of aliphatic hydroxyl groups excluding tert-OH is 1. The molecule has 0 aliphatic carbocycles. The number of likely N-dealkylation sites (tertiary alicyclic amines) is 1. The topological polar surface area (TPSA) is 122 Å². The van der Waals surface area contributed by atoms with E-state index in [1.807, 2.05) is 24.3 Å². The van der Waals surface area contributed by atoms with Crippen LogP contribution in [0.25, 0.3) is 0 Å². The number of nitro benzene ring substituents is 1. The summed E-state index contributed by atoms with van der Waals surface area (Å²) in [6.07, 6.45) is 1.98. The highest BCUT2D eigenvalue weighted by Gasteiger charge is 2.20. The van der Waals surface area contributed by atoms with Gasteiger partial charge >= 0.3 is 0 Å². The number of piperidine rings is 1. The fourth-order valence-corrected chi connectivity index (χ4v) is 3.63. The van der Waals surface area contributed by atoms with Gasteiger partial charge in [-0.3, -0.25) is 19.8 Å². The molecule has 8 nitrogen and oxygen atoms in total. The lowest BCUT2D eigenvalue weighted by atomic mass is 9.97. The molecule has 1 saturated heterocycles. The number of rotatable bonds is 8. The van der Waals surface area contributed by atoms with Gasteiger partial charge in [0.25, 0.3) is 5.69 Å². The molecule has 1 fully saturated rings. The van der Waals surface area contributed by atoms with Crippen molar-refractivity contribution in [1.82, 2.24) is 4.90 Å². The van der Waals surface area contributed by atoms with Gasteiger partial charge in [0.05, 0.1) is 4.92 Å². The fourth-order valence-electron chi connectivity index (χ4n) is 3.63. The van der Waals surface area contributed by atoms with Crippen LogP contribution in [0.4, 0.5) is 11.4 Å². The summed E-state index contributed by atoms with van der Waals surface area (Å²) < 4.78 is 0. The van der Waals surface area contributed by atoms with Crippen LogP contribution in [0.5, 0.6) is 0 Å². The number of hydrogen-bond acceptors (Lipinski definition) is 6. The van der Waals surface area contributed by atoms with Gasteiger partial charge < -0.3 is 16.2 Å². The Kier molecular flexibility index (Phi) is 6.79. The van der Waals surface area contributed by atoms with E-state index in [2.05, 4.69) is 10.2 Å². The number of carbonyl (C=O) groups is 1. The first-order valence-electron chi connectivity index (χ1n) is 9.70. The fraction of sp³-hybridized carbons (Fsp3) is 0.381. The van der Waals surface area contributed by atoms with Gasteiger partial charge in [0, 0.05) is 42.6 Å². The van der Waals surface area contributed by atoms with Crippen LogP contribution in [0.2, 0.25) is 0 Å². The Hall–Kier alpha value is -2.97. The number of nitrogens with one attached hydrogen (secondary N) is 1. The van der Waals surface area contributed by atoms with Crippen LogP contribution < -0.4 is 11.1 Å². The number of benzene rings is 2. The third kappa shape index (κ3) is 5.30. The molecule has 8 heteroatoms. The smallest absolute Gasteiger partial charge is 0.275 e. The van der Waals surface area contributed by atoms with Crippen LogP contribution in [-0.2, 0) is 13.1 Å². The molecule has 0 radical (unpaired) electrons. The minimum absolute atomic E-state index is 0.118. The van der Waals surface area contributed by atoms with E-state index in [0.717, 1.165) is 43.7 Å². The molecule has 1 amide bonds. The SMILES string of the molecule is NC(=O)c1ccc(CNc2ccccc2CN2CCC(CO)CC2)c([N+](=O)[O-])c1. The second-order valence-electron chi connectivity index (χ2n) is 7.38. The van der Waals surface area contributed by atoms with E-state index in [4.69, 9.17) is 5.73 Å². The first kappa shape index (κ1) is 20.8. The van der Waals surface area contributed by atoms with Gasteiger partial charge in [-0.1, -0.05) is 18.2 Å². The highest BCUT2D eigenvalue weighted by atomic mass is 16.6.